The van der Waals surface area contributed by atoms with Crippen LogP contribution in [0, 0.1) is 0 Å². The van der Waals surface area contributed by atoms with E-state index in [-0.39, 0.29) is 16.6 Å². The van der Waals surface area contributed by atoms with Gasteiger partial charge < -0.3 is 9.88 Å². The number of amides is 1. The zero-order valence-electron chi connectivity index (χ0n) is 14.8. The molecule has 1 amide bonds. The molecule has 1 aromatic carbocycles. The quantitative estimate of drug-likeness (QED) is 0.510. The summed E-state index contributed by atoms with van der Waals surface area (Å²) in [5.41, 5.74) is 1.61. The molecule has 6 nitrogen and oxygen atoms in total. The standard InChI is InChI=1S/C19H16BrCl2N5O/c20-11-8-14(17(22)23-10-11)19(28)24-12-5-6-15(21)13(9-12)18-26-25-16-4-2-1-3-7-27(16)18/h5-6,8-10H,1-4,7H2,(H,24,28). The van der Waals surface area contributed by atoms with Crippen LogP contribution in [-0.2, 0) is 13.0 Å². The van der Waals surface area contributed by atoms with Gasteiger partial charge in [0, 0.05) is 34.9 Å². The first-order valence-electron chi connectivity index (χ1n) is 8.87. The summed E-state index contributed by atoms with van der Waals surface area (Å²) in [6, 6.07) is 6.91. The van der Waals surface area contributed by atoms with Gasteiger partial charge in [-0.3, -0.25) is 4.79 Å². The number of carbonyl (C=O) groups is 1. The third-order valence-corrected chi connectivity index (χ3v) is 5.69. The molecule has 0 unspecified atom stereocenters. The number of nitrogens with one attached hydrogen (secondary N) is 1. The van der Waals surface area contributed by atoms with Crippen molar-refractivity contribution >= 4 is 50.7 Å². The number of benzene rings is 1. The minimum absolute atomic E-state index is 0.137. The van der Waals surface area contributed by atoms with E-state index < -0.39 is 0 Å². The van der Waals surface area contributed by atoms with E-state index in [1.165, 1.54) is 12.6 Å². The van der Waals surface area contributed by atoms with Crippen molar-refractivity contribution in [3.05, 3.63) is 56.5 Å². The number of hydrogen-bond acceptors (Lipinski definition) is 4. The van der Waals surface area contributed by atoms with Crippen molar-refractivity contribution < 1.29 is 4.79 Å². The van der Waals surface area contributed by atoms with Crippen LogP contribution in [0.1, 0.15) is 35.4 Å². The summed E-state index contributed by atoms with van der Waals surface area (Å²) in [6.45, 7) is 0.865. The Morgan fingerprint density at radius 2 is 2.00 bits per heavy atom. The van der Waals surface area contributed by atoms with Gasteiger partial charge in [-0.25, -0.2) is 4.98 Å². The van der Waals surface area contributed by atoms with E-state index in [9.17, 15) is 4.79 Å². The van der Waals surface area contributed by atoms with Crippen molar-refractivity contribution in [2.24, 2.45) is 0 Å². The number of rotatable bonds is 3. The molecule has 3 aromatic rings. The van der Waals surface area contributed by atoms with Crippen LogP contribution >= 0.6 is 39.1 Å². The van der Waals surface area contributed by atoms with E-state index in [4.69, 9.17) is 23.2 Å². The molecule has 1 aliphatic heterocycles. The first kappa shape index (κ1) is 19.4. The molecule has 1 aliphatic rings. The van der Waals surface area contributed by atoms with Crippen LogP contribution in [0.2, 0.25) is 10.2 Å². The second-order valence-corrected chi connectivity index (χ2v) is 8.22. The SMILES string of the molecule is O=C(Nc1ccc(Cl)c(-c2nnc3n2CCCCC3)c1)c1cc(Br)cnc1Cl. The number of hydrogen-bond donors (Lipinski definition) is 1. The predicted octanol–water partition coefficient (Wildman–Crippen LogP) is 5.39. The fraction of sp³-hybridized carbons (Fsp3) is 0.263. The van der Waals surface area contributed by atoms with Gasteiger partial charge in [0.25, 0.3) is 5.91 Å². The van der Waals surface area contributed by atoms with E-state index >= 15 is 0 Å². The van der Waals surface area contributed by atoms with Crippen LogP contribution in [0.15, 0.2) is 34.9 Å². The van der Waals surface area contributed by atoms with Gasteiger partial charge in [-0.15, -0.1) is 10.2 Å². The molecule has 3 heterocycles. The lowest BCUT2D eigenvalue weighted by Gasteiger charge is -2.11. The van der Waals surface area contributed by atoms with Gasteiger partial charge in [0.2, 0.25) is 0 Å². The highest BCUT2D eigenvalue weighted by Crippen LogP contribution is 2.31. The molecule has 0 radical (unpaired) electrons. The Hall–Kier alpha value is -1.96. The van der Waals surface area contributed by atoms with Crippen LogP contribution in [-0.4, -0.2) is 25.7 Å². The van der Waals surface area contributed by atoms with Crippen LogP contribution in [0.25, 0.3) is 11.4 Å². The highest BCUT2D eigenvalue weighted by atomic mass is 79.9. The predicted molar refractivity (Wildman–Crippen MR) is 113 cm³/mol. The van der Waals surface area contributed by atoms with E-state index in [1.54, 1.807) is 18.2 Å². The normalized spacial score (nSPS) is 13.7. The lowest BCUT2D eigenvalue weighted by atomic mass is 10.1. The second-order valence-electron chi connectivity index (χ2n) is 6.54. The molecule has 0 bridgehead atoms. The van der Waals surface area contributed by atoms with Gasteiger partial charge in [-0.05, 0) is 53.0 Å². The van der Waals surface area contributed by atoms with E-state index in [2.05, 4.69) is 41.0 Å². The van der Waals surface area contributed by atoms with Gasteiger partial charge in [-0.2, -0.15) is 0 Å². The monoisotopic (exact) mass is 479 g/mol. The number of nitrogens with zero attached hydrogens (tertiary/aromatic N) is 4. The van der Waals surface area contributed by atoms with Crippen molar-refractivity contribution in [1.29, 1.82) is 0 Å². The number of carbonyl (C=O) groups excluding carboxylic acids is 1. The Morgan fingerprint density at radius 3 is 2.86 bits per heavy atom. The highest BCUT2D eigenvalue weighted by Gasteiger charge is 2.19. The molecule has 144 valence electrons. The summed E-state index contributed by atoms with van der Waals surface area (Å²) < 4.78 is 2.79. The lowest BCUT2D eigenvalue weighted by molar-refractivity contribution is 0.102. The molecule has 0 fully saturated rings. The summed E-state index contributed by atoms with van der Waals surface area (Å²) in [7, 11) is 0. The van der Waals surface area contributed by atoms with Crippen molar-refractivity contribution in [3.63, 3.8) is 0 Å². The summed E-state index contributed by atoms with van der Waals surface area (Å²) >= 11 is 15.8. The first-order valence-corrected chi connectivity index (χ1v) is 10.4. The summed E-state index contributed by atoms with van der Waals surface area (Å²) in [4.78, 5) is 16.6. The molecule has 0 saturated carbocycles. The Bertz CT molecular complexity index is 1050. The lowest BCUT2D eigenvalue weighted by Crippen LogP contribution is -2.13. The van der Waals surface area contributed by atoms with E-state index in [0.717, 1.165) is 43.0 Å². The molecule has 0 atom stereocenters. The fourth-order valence-corrected chi connectivity index (χ4v) is 3.96. The Kier molecular flexibility index (Phi) is 5.66. The van der Waals surface area contributed by atoms with Crippen LogP contribution in [0.4, 0.5) is 5.69 Å². The Morgan fingerprint density at radius 1 is 1.14 bits per heavy atom. The highest BCUT2D eigenvalue weighted by molar-refractivity contribution is 9.10. The van der Waals surface area contributed by atoms with Crippen molar-refractivity contribution in [2.45, 2.75) is 32.2 Å². The maximum atomic E-state index is 12.6. The average Bonchev–Trinajstić information content (AvgIpc) is 2.93. The largest absolute Gasteiger partial charge is 0.322 e. The third-order valence-electron chi connectivity index (χ3n) is 4.62. The molecule has 2 aromatic heterocycles. The first-order chi connectivity index (χ1) is 13.5. The fourth-order valence-electron chi connectivity index (χ4n) is 3.24. The van der Waals surface area contributed by atoms with Gasteiger partial charge in [0.15, 0.2) is 5.82 Å². The Labute approximate surface area is 180 Å². The van der Waals surface area contributed by atoms with E-state index in [0.29, 0.717) is 15.2 Å². The van der Waals surface area contributed by atoms with Crippen molar-refractivity contribution in [1.82, 2.24) is 19.7 Å². The summed E-state index contributed by atoms with van der Waals surface area (Å²) in [5.74, 6) is 1.34. The minimum atomic E-state index is -0.354. The number of fused-ring (bicyclic) bond motifs is 1. The number of pyridine rings is 1. The van der Waals surface area contributed by atoms with E-state index in [1.807, 2.05) is 6.07 Å². The topological polar surface area (TPSA) is 72.7 Å². The summed E-state index contributed by atoms with van der Waals surface area (Å²) in [6.07, 6.45) is 5.82. The van der Waals surface area contributed by atoms with Crippen LogP contribution in [0.5, 0.6) is 0 Å². The molecule has 0 spiro atoms. The van der Waals surface area contributed by atoms with Gasteiger partial charge in [0.05, 0.1) is 10.6 Å². The molecular weight excluding hydrogens is 465 g/mol. The second kappa shape index (κ2) is 8.19. The van der Waals surface area contributed by atoms with Crippen molar-refractivity contribution in [2.75, 3.05) is 5.32 Å². The average molecular weight is 481 g/mol. The molecule has 0 saturated heterocycles. The molecule has 28 heavy (non-hydrogen) atoms. The molecule has 1 N–H and O–H groups in total. The molecule has 0 aliphatic carbocycles. The zero-order chi connectivity index (χ0) is 19.7. The number of halogens is 3. The smallest absolute Gasteiger partial charge is 0.258 e. The van der Waals surface area contributed by atoms with Crippen LogP contribution < -0.4 is 5.32 Å². The maximum Gasteiger partial charge on any atom is 0.258 e. The third kappa shape index (κ3) is 3.92. The Balaban J connectivity index is 1.66. The maximum absolute atomic E-state index is 12.6. The minimum Gasteiger partial charge on any atom is -0.322 e. The molecule has 9 heteroatoms. The molecular formula is C19H16BrCl2N5O. The number of anilines is 1. The molecule has 4 rings (SSSR count). The zero-order valence-corrected chi connectivity index (χ0v) is 17.9. The van der Waals surface area contributed by atoms with Crippen LogP contribution in [0.3, 0.4) is 0 Å². The number of aromatic nitrogens is 4. The number of aryl methyl sites for hydroxylation is 1. The van der Waals surface area contributed by atoms with Gasteiger partial charge in [-0.1, -0.05) is 29.6 Å². The summed E-state index contributed by atoms with van der Waals surface area (Å²) in [5, 5.41) is 12.2. The van der Waals surface area contributed by atoms with Gasteiger partial charge in [0.1, 0.15) is 11.0 Å². The van der Waals surface area contributed by atoms with Crippen molar-refractivity contribution in [3.8, 4) is 11.4 Å². The van der Waals surface area contributed by atoms with Gasteiger partial charge >= 0.3 is 0 Å².